The molecular weight excluding hydrogens is 540 g/mol. The van der Waals surface area contributed by atoms with Crippen molar-refractivity contribution in [3.63, 3.8) is 0 Å². The Bertz CT molecular complexity index is 1330. The second kappa shape index (κ2) is 11.7. The number of nitrogens with one attached hydrogen (secondary N) is 1. The Balaban J connectivity index is 1.80. The summed E-state index contributed by atoms with van der Waals surface area (Å²) in [6.45, 7) is 2.03. The van der Waals surface area contributed by atoms with Gasteiger partial charge in [-0.05, 0) is 70.9 Å². The van der Waals surface area contributed by atoms with Gasteiger partial charge in [0.05, 0.1) is 31.5 Å². The minimum absolute atomic E-state index is 0.00205. The number of nitrogens with zero attached hydrogens (tertiary/aromatic N) is 1. The van der Waals surface area contributed by atoms with Crippen LogP contribution in [0.4, 0.5) is 0 Å². The number of carbonyl (C=O) groups is 1. The summed E-state index contributed by atoms with van der Waals surface area (Å²) in [4.78, 5) is 12.5. The molecule has 0 radical (unpaired) electrons. The third-order valence-electron chi connectivity index (χ3n) is 4.58. The van der Waals surface area contributed by atoms with Gasteiger partial charge in [-0.15, -0.1) is 0 Å². The van der Waals surface area contributed by atoms with Crippen molar-refractivity contribution in [3.8, 4) is 23.0 Å². The van der Waals surface area contributed by atoms with Crippen LogP contribution in [-0.2, 0) is 10.1 Å². The molecule has 0 bridgehead atoms. The number of benzene rings is 3. The van der Waals surface area contributed by atoms with Crippen LogP contribution in [0.15, 0.2) is 75.1 Å². The summed E-state index contributed by atoms with van der Waals surface area (Å²) < 4.78 is 47.0. The highest BCUT2D eigenvalue weighted by atomic mass is 79.9. The zero-order valence-corrected chi connectivity index (χ0v) is 21.6. The minimum atomic E-state index is -4.08. The summed E-state index contributed by atoms with van der Waals surface area (Å²) in [7, 11) is -1.10. The molecule has 184 valence electrons. The lowest BCUT2D eigenvalue weighted by molar-refractivity contribution is 0.0954. The predicted octanol–water partition coefficient (Wildman–Crippen LogP) is 4.40. The van der Waals surface area contributed by atoms with E-state index in [1.165, 1.54) is 38.6 Å². The first-order valence-corrected chi connectivity index (χ1v) is 12.5. The second-order valence-electron chi connectivity index (χ2n) is 6.88. The van der Waals surface area contributed by atoms with Crippen molar-refractivity contribution in [2.45, 2.75) is 11.8 Å². The SMILES string of the molecule is CCOc1cc(/C=N/NC(=O)c2ccc(OC)c(OC)c2)cc(Br)c1OS(=O)(=O)c1ccccc1. The fraction of sp³-hybridized carbons (Fsp3) is 0.167. The molecule has 11 heteroatoms. The number of amides is 1. The molecule has 0 aromatic heterocycles. The van der Waals surface area contributed by atoms with E-state index < -0.39 is 16.0 Å². The normalized spacial score (nSPS) is 11.2. The molecule has 3 aromatic rings. The molecule has 0 fully saturated rings. The van der Waals surface area contributed by atoms with Gasteiger partial charge in [-0.25, -0.2) is 5.43 Å². The Morgan fingerprint density at radius 2 is 1.71 bits per heavy atom. The van der Waals surface area contributed by atoms with Crippen molar-refractivity contribution in [1.82, 2.24) is 5.43 Å². The van der Waals surface area contributed by atoms with Crippen molar-refractivity contribution in [1.29, 1.82) is 0 Å². The predicted molar refractivity (Wildman–Crippen MR) is 134 cm³/mol. The number of methoxy groups -OCH3 is 2. The number of rotatable bonds is 10. The smallest absolute Gasteiger partial charge is 0.339 e. The molecular formula is C24H23BrN2O7S. The van der Waals surface area contributed by atoms with Crippen molar-refractivity contribution in [2.24, 2.45) is 5.10 Å². The van der Waals surface area contributed by atoms with Crippen LogP contribution < -0.4 is 23.8 Å². The van der Waals surface area contributed by atoms with E-state index in [9.17, 15) is 13.2 Å². The molecule has 0 unspecified atom stereocenters. The minimum Gasteiger partial charge on any atom is -0.493 e. The van der Waals surface area contributed by atoms with Gasteiger partial charge in [0, 0.05) is 5.56 Å². The van der Waals surface area contributed by atoms with Crippen LogP contribution in [0.2, 0.25) is 0 Å². The van der Waals surface area contributed by atoms with Crippen LogP contribution in [-0.4, -0.2) is 41.4 Å². The molecule has 0 aliphatic heterocycles. The topological polar surface area (TPSA) is 113 Å². The van der Waals surface area contributed by atoms with Crippen LogP contribution in [0.1, 0.15) is 22.8 Å². The Morgan fingerprint density at radius 1 is 1.00 bits per heavy atom. The number of hydrogen-bond donors (Lipinski definition) is 1. The molecule has 3 aromatic carbocycles. The van der Waals surface area contributed by atoms with Gasteiger partial charge in [-0.2, -0.15) is 13.5 Å². The highest BCUT2D eigenvalue weighted by molar-refractivity contribution is 9.10. The van der Waals surface area contributed by atoms with Gasteiger partial charge < -0.3 is 18.4 Å². The van der Waals surface area contributed by atoms with Gasteiger partial charge >= 0.3 is 10.1 Å². The highest BCUT2D eigenvalue weighted by Gasteiger charge is 2.22. The maximum Gasteiger partial charge on any atom is 0.339 e. The first-order valence-electron chi connectivity index (χ1n) is 10.3. The van der Waals surface area contributed by atoms with Crippen LogP contribution in [0.3, 0.4) is 0 Å². The van der Waals surface area contributed by atoms with Gasteiger partial charge in [-0.1, -0.05) is 18.2 Å². The van der Waals surface area contributed by atoms with E-state index >= 15 is 0 Å². The van der Waals surface area contributed by atoms with Crippen LogP contribution in [0.25, 0.3) is 0 Å². The number of halogens is 1. The van der Waals surface area contributed by atoms with Crippen molar-refractivity contribution in [2.75, 3.05) is 20.8 Å². The Kier molecular flexibility index (Phi) is 8.72. The summed E-state index contributed by atoms with van der Waals surface area (Å²) in [6.07, 6.45) is 1.39. The van der Waals surface area contributed by atoms with E-state index in [-0.39, 0.29) is 23.0 Å². The Hall–Kier alpha value is -3.57. The number of ether oxygens (including phenoxy) is 3. The first kappa shape index (κ1) is 26.0. The fourth-order valence-electron chi connectivity index (χ4n) is 2.96. The largest absolute Gasteiger partial charge is 0.493 e. The van der Waals surface area contributed by atoms with E-state index in [0.29, 0.717) is 27.1 Å². The van der Waals surface area contributed by atoms with Crippen LogP contribution in [0, 0.1) is 0 Å². The quantitative estimate of drug-likeness (QED) is 0.221. The lowest BCUT2D eigenvalue weighted by Crippen LogP contribution is -2.17. The summed E-state index contributed by atoms with van der Waals surface area (Å²) in [5.74, 6) is 0.643. The number of hydrazone groups is 1. The van der Waals surface area contributed by atoms with Crippen LogP contribution in [0.5, 0.6) is 23.0 Å². The third kappa shape index (κ3) is 6.52. The maximum absolute atomic E-state index is 12.7. The summed E-state index contributed by atoms with van der Waals surface area (Å²) in [6, 6.07) is 15.7. The monoisotopic (exact) mass is 562 g/mol. The summed E-state index contributed by atoms with van der Waals surface area (Å²) in [5.41, 5.74) is 3.28. The molecule has 0 heterocycles. The molecule has 0 atom stereocenters. The zero-order valence-electron chi connectivity index (χ0n) is 19.1. The molecule has 1 N–H and O–H groups in total. The summed E-state index contributed by atoms with van der Waals surface area (Å²) in [5, 5.41) is 3.98. The van der Waals surface area contributed by atoms with Crippen molar-refractivity contribution in [3.05, 3.63) is 76.3 Å². The average Bonchev–Trinajstić information content (AvgIpc) is 2.86. The molecule has 1 amide bonds. The van der Waals surface area contributed by atoms with Gasteiger partial charge in [0.1, 0.15) is 4.90 Å². The van der Waals surface area contributed by atoms with Gasteiger partial charge in [-0.3, -0.25) is 4.79 Å². The standard InChI is InChI=1S/C24H23BrN2O7S/c1-4-33-22-13-16(12-19(25)23(22)34-35(29,30)18-8-6-5-7-9-18)15-26-27-24(28)17-10-11-20(31-2)21(14-17)32-3/h5-15H,4H2,1-3H3,(H,27,28)/b26-15+. The molecule has 9 nitrogen and oxygen atoms in total. The molecule has 0 saturated carbocycles. The Labute approximate surface area is 211 Å². The van der Waals surface area contributed by atoms with Gasteiger partial charge in [0.25, 0.3) is 5.91 Å². The molecule has 0 spiro atoms. The average molecular weight is 563 g/mol. The first-order chi connectivity index (χ1) is 16.8. The highest BCUT2D eigenvalue weighted by Crippen LogP contribution is 2.38. The maximum atomic E-state index is 12.7. The fourth-order valence-corrected chi connectivity index (χ4v) is 4.58. The zero-order chi connectivity index (χ0) is 25.4. The van der Waals surface area contributed by atoms with E-state index in [4.69, 9.17) is 18.4 Å². The number of carbonyl (C=O) groups excluding carboxylic acids is 1. The van der Waals surface area contributed by atoms with Crippen LogP contribution >= 0.6 is 15.9 Å². The van der Waals surface area contributed by atoms with Gasteiger partial charge in [0.15, 0.2) is 23.0 Å². The molecule has 35 heavy (non-hydrogen) atoms. The molecule has 0 aliphatic carbocycles. The third-order valence-corrected chi connectivity index (χ3v) is 6.41. The molecule has 0 aliphatic rings. The van der Waals surface area contributed by atoms with Crippen molar-refractivity contribution >= 4 is 38.2 Å². The second-order valence-corrected chi connectivity index (χ2v) is 9.28. The van der Waals surface area contributed by atoms with E-state index in [1.54, 1.807) is 49.4 Å². The van der Waals surface area contributed by atoms with Crippen molar-refractivity contribution < 1.29 is 31.6 Å². The number of hydrogen-bond acceptors (Lipinski definition) is 8. The van der Waals surface area contributed by atoms with E-state index in [2.05, 4.69) is 26.5 Å². The van der Waals surface area contributed by atoms with E-state index in [1.807, 2.05) is 0 Å². The lowest BCUT2D eigenvalue weighted by atomic mass is 10.2. The van der Waals surface area contributed by atoms with Gasteiger partial charge in [0.2, 0.25) is 0 Å². The van der Waals surface area contributed by atoms with E-state index in [0.717, 1.165) is 0 Å². The lowest BCUT2D eigenvalue weighted by Gasteiger charge is -2.14. The molecule has 0 saturated heterocycles. The molecule has 3 rings (SSSR count). The summed E-state index contributed by atoms with van der Waals surface area (Å²) >= 11 is 3.34. The Morgan fingerprint density at radius 3 is 2.37 bits per heavy atom.